The van der Waals surface area contributed by atoms with Crippen LogP contribution in [0.15, 0.2) is 12.3 Å². The number of esters is 2. The third-order valence-electron chi connectivity index (χ3n) is 2.13. The Kier molecular flexibility index (Phi) is 5.77. The molecule has 0 unspecified atom stereocenters. The number of pyridine rings is 1. The van der Waals surface area contributed by atoms with Crippen molar-refractivity contribution in [3.05, 3.63) is 29.1 Å². The van der Waals surface area contributed by atoms with E-state index in [-0.39, 0.29) is 24.5 Å². The van der Waals surface area contributed by atoms with Crippen molar-refractivity contribution < 1.29 is 19.1 Å². The molecule has 0 N–H and O–H groups in total. The maximum Gasteiger partial charge on any atom is 0.357 e. The van der Waals surface area contributed by atoms with Crippen LogP contribution in [0.4, 0.5) is 0 Å². The number of carbonyl (C=O) groups is 2. The number of nitrogens with zero attached hydrogens (tertiary/aromatic N) is 1. The largest absolute Gasteiger partial charge is 0.462 e. The molecule has 0 radical (unpaired) electrons. The SMILES string of the molecule is CCOC(=O)c1nccc(CBr)c1C(=O)OCC. The van der Waals surface area contributed by atoms with Gasteiger partial charge in [0.05, 0.1) is 18.8 Å². The molecular weight excluding hydrogens is 302 g/mol. The highest BCUT2D eigenvalue weighted by molar-refractivity contribution is 9.08. The van der Waals surface area contributed by atoms with Gasteiger partial charge in [-0.3, -0.25) is 0 Å². The minimum Gasteiger partial charge on any atom is -0.462 e. The van der Waals surface area contributed by atoms with Gasteiger partial charge in [-0.2, -0.15) is 0 Å². The van der Waals surface area contributed by atoms with Crippen molar-refractivity contribution in [2.45, 2.75) is 19.2 Å². The lowest BCUT2D eigenvalue weighted by Crippen LogP contribution is -2.17. The molecule has 98 valence electrons. The molecule has 0 aliphatic heterocycles. The third-order valence-corrected chi connectivity index (χ3v) is 2.73. The molecule has 1 heterocycles. The van der Waals surface area contributed by atoms with Gasteiger partial charge in [0, 0.05) is 11.5 Å². The maximum absolute atomic E-state index is 11.9. The van der Waals surface area contributed by atoms with Crippen molar-refractivity contribution >= 4 is 27.9 Å². The van der Waals surface area contributed by atoms with Crippen LogP contribution in [0.5, 0.6) is 0 Å². The average molecular weight is 316 g/mol. The zero-order chi connectivity index (χ0) is 13.5. The average Bonchev–Trinajstić information content (AvgIpc) is 2.38. The molecular formula is C12H14BrNO4. The lowest BCUT2D eigenvalue weighted by Gasteiger charge is -2.10. The molecule has 0 aliphatic rings. The smallest absolute Gasteiger partial charge is 0.357 e. The van der Waals surface area contributed by atoms with Crippen molar-refractivity contribution in [1.82, 2.24) is 4.98 Å². The van der Waals surface area contributed by atoms with Crippen LogP contribution < -0.4 is 0 Å². The van der Waals surface area contributed by atoms with Gasteiger partial charge in [0.1, 0.15) is 0 Å². The highest BCUT2D eigenvalue weighted by atomic mass is 79.9. The van der Waals surface area contributed by atoms with Gasteiger partial charge < -0.3 is 9.47 Å². The molecule has 1 aromatic rings. The van der Waals surface area contributed by atoms with Crippen LogP contribution in [0.1, 0.15) is 40.3 Å². The van der Waals surface area contributed by atoms with Crippen LogP contribution in [0.25, 0.3) is 0 Å². The second-order valence-corrected chi connectivity index (χ2v) is 3.83. The van der Waals surface area contributed by atoms with Gasteiger partial charge in [-0.15, -0.1) is 0 Å². The molecule has 0 aromatic carbocycles. The zero-order valence-corrected chi connectivity index (χ0v) is 11.8. The lowest BCUT2D eigenvalue weighted by molar-refractivity contribution is 0.0472. The normalized spacial score (nSPS) is 9.94. The molecule has 6 heteroatoms. The number of alkyl halides is 1. The van der Waals surface area contributed by atoms with Crippen molar-refractivity contribution in [2.75, 3.05) is 13.2 Å². The first-order valence-electron chi connectivity index (χ1n) is 5.53. The molecule has 0 atom stereocenters. The van der Waals surface area contributed by atoms with Crippen LogP contribution >= 0.6 is 15.9 Å². The summed E-state index contributed by atoms with van der Waals surface area (Å²) in [5.74, 6) is -1.19. The van der Waals surface area contributed by atoms with Gasteiger partial charge in [0.25, 0.3) is 0 Å². The Morgan fingerprint density at radius 2 is 1.83 bits per heavy atom. The van der Waals surface area contributed by atoms with Gasteiger partial charge in [0.15, 0.2) is 5.69 Å². The molecule has 1 rings (SSSR count). The van der Waals surface area contributed by atoms with Gasteiger partial charge in [-0.05, 0) is 25.5 Å². The fourth-order valence-electron chi connectivity index (χ4n) is 1.40. The van der Waals surface area contributed by atoms with Crippen molar-refractivity contribution in [2.24, 2.45) is 0 Å². The molecule has 0 aliphatic carbocycles. The van der Waals surface area contributed by atoms with Crippen LogP contribution in [0.3, 0.4) is 0 Å². The summed E-state index contributed by atoms with van der Waals surface area (Å²) in [7, 11) is 0. The summed E-state index contributed by atoms with van der Waals surface area (Å²) in [6, 6.07) is 1.66. The highest BCUT2D eigenvalue weighted by Gasteiger charge is 2.23. The first kappa shape index (κ1) is 14.6. The van der Waals surface area contributed by atoms with E-state index in [1.807, 2.05) is 0 Å². The Labute approximate surface area is 114 Å². The first-order valence-corrected chi connectivity index (χ1v) is 6.65. The molecule has 0 saturated heterocycles. The van der Waals surface area contributed by atoms with E-state index in [1.165, 1.54) is 6.20 Å². The number of aromatic nitrogens is 1. The Hall–Kier alpha value is -1.43. The molecule has 0 amide bonds. The topological polar surface area (TPSA) is 65.5 Å². The number of ether oxygens (including phenoxy) is 2. The summed E-state index contributed by atoms with van der Waals surface area (Å²) in [4.78, 5) is 27.5. The standard InChI is InChI=1S/C12H14BrNO4/c1-3-17-11(15)9-8(7-13)5-6-14-10(9)12(16)18-4-2/h5-6H,3-4,7H2,1-2H3. The van der Waals surface area contributed by atoms with E-state index < -0.39 is 11.9 Å². The molecule has 18 heavy (non-hydrogen) atoms. The highest BCUT2D eigenvalue weighted by Crippen LogP contribution is 2.18. The minimum atomic E-state index is -0.622. The predicted octanol–water partition coefficient (Wildman–Crippen LogP) is 2.33. The summed E-state index contributed by atoms with van der Waals surface area (Å²) >= 11 is 3.26. The van der Waals surface area contributed by atoms with E-state index >= 15 is 0 Å². The second-order valence-electron chi connectivity index (χ2n) is 3.27. The third kappa shape index (κ3) is 3.29. The number of halogens is 1. The van der Waals surface area contributed by atoms with E-state index in [2.05, 4.69) is 20.9 Å². The van der Waals surface area contributed by atoms with Gasteiger partial charge >= 0.3 is 11.9 Å². The minimum absolute atomic E-state index is 0.00718. The van der Waals surface area contributed by atoms with E-state index in [1.54, 1.807) is 19.9 Å². The van der Waals surface area contributed by atoms with Crippen molar-refractivity contribution in [3.63, 3.8) is 0 Å². The monoisotopic (exact) mass is 315 g/mol. The lowest BCUT2D eigenvalue weighted by atomic mass is 10.1. The number of hydrogen-bond acceptors (Lipinski definition) is 5. The Balaban J connectivity index is 3.24. The van der Waals surface area contributed by atoms with Crippen LogP contribution in [0.2, 0.25) is 0 Å². The number of rotatable bonds is 5. The summed E-state index contributed by atoms with van der Waals surface area (Å²) in [6.07, 6.45) is 1.46. The molecule has 0 fully saturated rings. The molecule has 0 spiro atoms. The van der Waals surface area contributed by atoms with E-state index in [0.717, 1.165) is 0 Å². The van der Waals surface area contributed by atoms with E-state index in [9.17, 15) is 9.59 Å². The van der Waals surface area contributed by atoms with Crippen molar-refractivity contribution in [1.29, 1.82) is 0 Å². The summed E-state index contributed by atoms with van der Waals surface area (Å²) < 4.78 is 9.80. The Bertz CT molecular complexity index is 448. The van der Waals surface area contributed by atoms with Gasteiger partial charge in [0.2, 0.25) is 0 Å². The fraction of sp³-hybridized carbons (Fsp3) is 0.417. The molecule has 0 bridgehead atoms. The quantitative estimate of drug-likeness (QED) is 0.616. The molecule has 0 saturated carbocycles. The van der Waals surface area contributed by atoms with Gasteiger partial charge in [-0.25, -0.2) is 14.6 Å². The van der Waals surface area contributed by atoms with Crippen molar-refractivity contribution in [3.8, 4) is 0 Å². The molecule has 5 nitrogen and oxygen atoms in total. The summed E-state index contributed by atoms with van der Waals surface area (Å²) in [5.41, 5.74) is 0.799. The maximum atomic E-state index is 11.9. The number of carbonyl (C=O) groups excluding carboxylic acids is 2. The van der Waals surface area contributed by atoms with E-state index in [4.69, 9.17) is 9.47 Å². The fourth-order valence-corrected chi connectivity index (χ4v) is 1.87. The first-order chi connectivity index (χ1) is 8.65. The number of hydrogen-bond donors (Lipinski definition) is 0. The Morgan fingerprint density at radius 1 is 1.22 bits per heavy atom. The van der Waals surface area contributed by atoms with Gasteiger partial charge in [-0.1, -0.05) is 15.9 Å². The Morgan fingerprint density at radius 3 is 2.39 bits per heavy atom. The van der Waals surface area contributed by atoms with E-state index in [0.29, 0.717) is 10.9 Å². The van der Waals surface area contributed by atoms with Crippen LogP contribution in [0, 0.1) is 0 Å². The zero-order valence-electron chi connectivity index (χ0n) is 10.2. The summed E-state index contributed by atoms with van der Waals surface area (Å²) in [6.45, 7) is 3.85. The molecule has 1 aromatic heterocycles. The second kappa shape index (κ2) is 7.10. The predicted molar refractivity (Wildman–Crippen MR) is 68.8 cm³/mol. The van der Waals surface area contributed by atoms with Crippen LogP contribution in [-0.2, 0) is 14.8 Å². The van der Waals surface area contributed by atoms with Crippen LogP contribution in [-0.4, -0.2) is 30.1 Å². The summed E-state index contributed by atoms with van der Waals surface area (Å²) in [5, 5.41) is 0.427.